The van der Waals surface area contributed by atoms with E-state index in [0.717, 1.165) is 35.4 Å². The Bertz CT molecular complexity index is 565. The predicted octanol–water partition coefficient (Wildman–Crippen LogP) is 2.99. The lowest BCUT2D eigenvalue weighted by Crippen LogP contribution is -2.28. The summed E-state index contributed by atoms with van der Waals surface area (Å²) in [5.41, 5.74) is 2.35. The van der Waals surface area contributed by atoms with E-state index in [2.05, 4.69) is 48.4 Å². The van der Waals surface area contributed by atoms with Crippen LogP contribution in [0.2, 0.25) is 0 Å². The van der Waals surface area contributed by atoms with E-state index in [4.69, 9.17) is 4.74 Å². The highest BCUT2D eigenvalue weighted by atomic mass is 16.5. The van der Waals surface area contributed by atoms with Gasteiger partial charge in [-0.15, -0.1) is 0 Å². The molecule has 0 saturated heterocycles. The summed E-state index contributed by atoms with van der Waals surface area (Å²) in [5.74, 6) is 1.73. The molecular formula is C14H16N2O. The molecule has 1 N–H and O–H groups in total. The fourth-order valence-corrected chi connectivity index (χ4v) is 2.13. The number of hydrogen-bond donors (Lipinski definition) is 1. The van der Waals surface area contributed by atoms with Gasteiger partial charge in [-0.25, -0.2) is 4.98 Å². The molecule has 3 nitrogen and oxygen atoms in total. The van der Waals surface area contributed by atoms with Crippen LogP contribution in [0.5, 0.6) is 5.75 Å². The van der Waals surface area contributed by atoms with Gasteiger partial charge in [0.05, 0.1) is 12.1 Å². The number of nitrogens with one attached hydrogen (secondary N) is 1. The molecule has 0 amide bonds. The first-order valence-corrected chi connectivity index (χ1v) is 6.10. The minimum absolute atomic E-state index is 0.205. The van der Waals surface area contributed by atoms with Crippen LogP contribution in [0.25, 0.3) is 10.9 Å². The number of aryl methyl sites for hydroxylation is 1. The van der Waals surface area contributed by atoms with Crippen LogP contribution in [-0.4, -0.2) is 17.6 Å². The van der Waals surface area contributed by atoms with Crippen LogP contribution >= 0.6 is 0 Å². The molecule has 0 fully saturated rings. The molecule has 88 valence electrons. The molecule has 0 bridgehead atoms. The number of pyridine rings is 1. The van der Waals surface area contributed by atoms with Crippen molar-refractivity contribution < 1.29 is 4.74 Å². The van der Waals surface area contributed by atoms with Crippen LogP contribution in [0.1, 0.15) is 19.4 Å². The summed E-state index contributed by atoms with van der Waals surface area (Å²) in [6.07, 6.45) is 1.24. The summed E-state index contributed by atoms with van der Waals surface area (Å²) in [5, 5.41) is 4.44. The maximum absolute atomic E-state index is 5.77. The van der Waals surface area contributed by atoms with Gasteiger partial charge in [-0.05, 0) is 31.0 Å². The second-order valence-corrected chi connectivity index (χ2v) is 4.53. The lowest BCUT2D eigenvalue weighted by Gasteiger charge is -2.24. The predicted molar refractivity (Wildman–Crippen MR) is 69.7 cm³/mol. The van der Waals surface area contributed by atoms with Gasteiger partial charge in [0.15, 0.2) is 11.6 Å². The van der Waals surface area contributed by atoms with Gasteiger partial charge < -0.3 is 10.1 Å². The molecule has 1 aliphatic rings. The van der Waals surface area contributed by atoms with Crippen molar-refractivity contribution in [1.29, 1.82) is 0 Å². The molecule has 2 heterocycles. The molecular weight excluding hydrogens is 212 g/mol. The van der Waals surface area contributed by atoms with Gasteiger partial charge in [0, 0.05) is 5.39 Å². The Morgan fingerprint density at radius 1 is 1.41 bits per heavy atom. The van der Waals surface area contributed by atoms with Gasteiger partial charge in [-0.2, -0.15) is 0 Å². The maximum Gasteiger partial charge on any atom is 0.169 e. The summed E-state index contributed by atoms with van der Waals surface area (Å²) in [6, 6.07) is 8.48. The average Bonchev–Trinajstić information content (AvgIpc) is 2.35. The number of fused-ring (bicyclic) bond motifs is 2. The minimum Gasteiger partial charge on any atom is -0.485 e. The molecule has 1 aliphatic heterocycles. The first kappa shape index (κ1) is 10.4. The molecule has 0 aliphatic carbocycles. The van der Waals surface area contributed by atoms with E-state index >= 15 is 0 Å². The Kier molecular flexibility index (Phi) is 2.39. The van der Waals surface area contributed by atoms with Crippen molar-refractivity contribution >= 4 is 16.7 Å². The molecule has 0 unspecified atom stereocenters. The molecule has 3 rings (SSSR count). The summed E-state index contributed by atoms with van der Waals surface area (Å²) in [4.78, 5) is 4.62. The van der Waals surface area contributed by atoms with Crippen molar-refractivity contribution in [2.45, 2.75) is 26.4 Å². The first-order chi connectivity index (χ1) is 8.26. The van der Waals surface area contributed by atoms with E-state index in [0.29, 0.717) is 0 Å². The highest BCUT2D eigenvalue weighted by Gasteiger charge is 2.17. The van der Waals surface area contributed by atoms with Gasteiger partial charge in [-0.1, -0.05) is 19.1 Å². The Morgan fingerprint density at radius 3 is 3.12 bits per heavy atom. The Morgan fingerprint density at radius 2 is 2.29 bits per heavy atom. The summed E-state index contributed by atoms with van der Waals surface area (Å²) < 4.78 is 5.77. The number of rotatable bonds is 1. The van der Waals surface area contributed by atoms with Gasteiger partial charge in [0.25, 0.3) is 0 Å². The molecule has 1 atom stereocenters. The normalized spacial score (nSPS) is 18.4. The van der Waals surface area contributed by atoms with Gasteiger partial charge >= 0.3 is 0 Å². The van der Waals surface area contributed by atoms with Crippen LogP contribution in [0.15, 0.2) is 24.3 Å². The maximum atomic E-state index is 5.77. The summed E-state index contributed by atoms with van der Waals surface area (Å²) in [7, 11) is 0. The lowest BCUT2D eigenvalue weighted by atomic mass is 10.1. The topological polar surface area (TPSA) is 34.2 Å². The number of benzene rings is 1. The number of ether oxygens (including phenoxy) is 1. The Labute approximate surface area is 101 Å². The quantitative estimate of drug-likeness (QED) is 0.814. The molecule has 2 aromatic rings. The van der Waals surface area contributed by atoms with Crippen molar-refractivity contribution in [2.24, 2.45) is 0 Å². The van der Waals surface area contributed by atoms with E-state index < -0.39 is 0 Å². The summed E-state index contributed by atoms with van der Waals surface area (Å²) >= 11 is 0. The highest BCUT2D eigenvalue weighted by molar-refractivity contribution is 5.83. The fraction of sp³-hybridized carbons (Fsp3) is 0.357. The molecule has 3 heteroatoms. The van der Waals surface area contributed by atoms with Crippen molar-refractivity contribution in [3.63, 3.8) is 0 Å². The zero-order valence-electron chi connectivity index (χ0n) is 10.2. The fourth-order valence-electron chi connectivity index (χ4n) is 2.13. The SMILES string of the molecule is CCc1ccc2cc3c(nc2c1)NC[C@@H](C)O3. The third kappa shape index (κ3) is 1.82. The molecule has 0 radical (unpaired) electrons. The standard InChI is InChI=1S/C14H16N2O/c1-3-10-4-5-11-7-13-14(16-12(11)6-10)15-8-9(2)17-13/h4-7,9H,3,8H2,1-2H3,(H,15,16)/t9-/m1/s1. The average molecular weight is 228 g/mol. The molecule has 1 aromatic carbocycles. The second kappa shape index (κ2) is 3.91. The zero-order valence-corrected chi connectivity index (χ0v) is 10.2. The molecule has 1 aromatic heterocycles. The number of anilines is 1. The number of nitrogens with zero attached hydrogens (tertiary/aromatic N) is 1. The Balaban J connectivity index is 2.14. The van der Waals surface area contributed by atoms with Crippen LogP contribution in [0.3, 0.4) is 0 Å². The van der Waals surface area contributed by atoms with Crippen LogP contribution in [-0.2, 0) is 6.42 Å². The number of hydrogen-bond acceptors (Lipinski definition) is 3. The minimum atomic E-state index is 0.205. The van der Waals surface area contributed by atoms with Crippen molar-refractivity contribution in [3.8, 4) is 5.75 Å². The first-order valence-electron chi connectivity index (χ1n) is 6.10. The lowest BCUT2D eigenvalue weighted by molar-refractivity contribution is 0.225. The van der Waals surface area contributed by atoms with E-state index in [9.17, 15) is 0 Å². The largest absolute Gasteiger partial charge is 0.485 e. The van der Waals surface area contributed by atoms with Crippen molar-refractivity contribution in [2.75, 3.05) is 11.9 Å². The zero-order chi connectivity index (χ0) is 11.8. The van der Waals surface area contributed by atoms with E-state index in [1.807, 2.05) is 0 Å². The van der Waals surface area contributed by atoms with E-state index in [1.54, 1.807) is 0 Å². The van der Waals surface area contributed by atoms with Gasteiger partial charge in [0.1, 0.15) is 6.10 Å². The smallest absolute Gasteiger partial charge is 0.169 e. The van der Waals surface area contributed by atoms with Gasteiger partial charge in [-0.3, -0.25) is 0 Å². The van der Waals surface area contributed by atoms with Crippen molar-refractivity contribution in [3.05, 3.63) is 29.8 Å². The van der Waals surface area contributed by atoms with Crippen LogP contribution < -0.4 is 10.1 Å². The van der Waals surface area contributed by atoms with E-state index in [1.165, 1.54) is 5.56 Å². The third-order valence-corrected chi connectivity index (χ3v) is 3.14. The summed E-state index contributed by atoms with van der Waals surface area (Å²) in [6.45, 7) is 5.03. The molecule has 0 spiro atoms. The highest BCUT2D eigenvalue weighted by Crippen LogP contribution is 2.31. The van der Waals surface area contributed by atoms with Crippen molar-refractivity contribution in [1.82, 2.24) is 4.98 Å². The van der Waals surface area contributed by atoms with Gasteiger partial charge in [0.2, 0.25) is 0 Å². The Hall–Kier alpha value is -1.77. The third-order valence-electron chi connectivity index (χ3n) is 3.14. The van der Waals surface area contributed by atoms with E-state index in [-0.39, 0.29) is 6.10 Å². The molecule has 0 saturated carbocycles. The number of aromatic nitrogens is 1. The van der Waals surface area contributed by atoms with Crippen LogP contribution in [0, 0.1) is 0 Å². The monoisotopic (exact) mass is 228 g/mol. The molecule has 17 heavy (non-hydrogen) atoms. The van der Waals surface area contributed by atoms with Crippen LogP contribution in [0.4, 0.5) is 5.82 Å². The second-order valence-electron chi connectivity index (χ2n) is 4.53.